The second kappa shape index (κ2) is 81.2. The van der Waals surface area contributed by atoms with Crippen LogP contribution in [0, 0.1) is 11.8 Å². The van der Waals surface area contributed by atoms with Gasteiger partial charge in [0.15, 0.2) is 12.2 Å². The highest BCUT2D eigenvalue weighted by Crippen LogP contribution is 2.45. The van der Waals surface area contributed by atoms with E-state index in [-0.39, 0.29) is 25.7 Å². The highest BCUT2D eigenvalue weighted by Gasteiger charge is 2.31. The fraction of sp³-hybridized carbons (Fsp3) is 0.956. The number of ether oxygens (including phenoxy) is 4. The Labute approximate surface area is 670 Å². The van der Waals surface area contributed by atoms with E-state index in [1.807, 2.05) is 0 Å². The molecule has 0 amide bonds. The number of rotatable bonds is 89. The highest BCUT2D eigenvalue weighted by molar-refractivity contribution is 7.47. The zero-order valence-electron chi connectivity index (χ0n) is 71.9. The normalized spacial score (nSPS) is 13.8. The van der Waals surface area contributed by atoms with Gasteiger partial charge in [0, 0.05) is 25.7 Å². The van der Waals surface area contributed by atoms with E-state index in [0.29, 0.717) is 25.7 Å². The van der Waals surface area contributed by atoms with Crippen LogP contribution in [-0.4, -0.2) is 96.7 Å². The van der Waals surface area contributed by atoms with Crippen LogP contribution in [0.3, 0.4) is 0 Å². The Kier molecular flexibility index (Phi) is 79.8. The standard InChI is InChI=1S/C90H176O17P2/c1-7-9-11-13-15-17-19-21-23-25-27-29-31-33-35-39-43-47-54-60-66-72-87(92)100-78-85(106-89(94)74-68-62-56-48-44-40-36-34-32-30-28-26-24-22-20-18-16-14-12-10-8-2)80-104-108(96,97)102-76-84(91)77-103-109(98,99)105-81-86(79-101-88(93)73-67-61-55-51-50-53-59-65-71-83(5)6)107-90(95)75-69-63-57-49-45-41-37-38-42-46-52-58-64-70-82(3)4/h82-86,91H,7-81H2,1-6H3,(H,96,97)(H,98,99)/t84-,85-,86-/m1/s1. The second-order valence-electron chi connectivity index (χ2n) is 33.3. The number of carbonyl (C=O) groups is 4. The van der Waals surface area contributed by atoms with Crippen LogP contribution in [0.4, 0.5) is 0 Å². The minimum atomic E-state index is -4.97. The fourth-order valence-corrected chi connectivity index (χ4v) is 15.7. The van der Waals surface area contributed by atoms with Crippen molar-refractivity contribution in [2.75, 3.05) is 39.6 Å². The van der Waals surface area contributed by atoms with Gasteiger partial charge < -0.3 is 33.8 Å². The average Bonchev–Trinajstić information content (AvgIpc) is 0.899. The number of aliphatic hydroxyl groups is 1. The van der Waals surface area contributed by atoms with Crippen molar-refractivity contribution < 1.29 is 80.2 Å². The molecule has 0 aliphatic carbocycles. The van der Waals surface area contributed by atoms with Gasteiger partial charge in [-0.3, -0.25) is 37.3 Å². The summed E-state index contributed by atoms with van der Waals surface area (Å²) >= 11 is 0. The van der Waals surface area contributed by atoms with E-state index in [2.05, 4.69) is 41.5 Å². The van der Waals surface area contributed by atoms with E-state index in [1.165, 1.54) is 302 Å². The van der Waals surface area contributed by atoms with Crippen LogP contribution in [0.2, 0.25) is 0 Å². The van der Waals surface area contributed by atoms with Crippen molar-refractivity contribution in [3.8, 4) is 0 Å². The number of aliphatic hydroxyl groups excluding tert-OH is 1. The van der Waals surface area contributed by atoms with Crippen molar-refractivity contribution in [2.24, 2.45) is 11.8 Å². The van der Waals surface area contributed by atoms with Crippen molar-refractivity contribution >= 4 is 39.5 Å². The van der Waals surface area contributed by atoms with Crippen molar-refractivity contribution in [2.45, 2.75) is 503 Å². The van der Waals surface area contributed by atoms with Crippen LogP contribution in [0.25, 0.3) is 0 Å². The smallest absolute Gasteiger partial charge is 0.462 e. The fourth-order valence-electron chi connectivity index (χ4n) is 14.1. The van der Waals surface area contributed by atoms with Crippen molar-refractivity contribution in [3.05, 3.63) is 0 Å². The first-order valence-corrected chi connectivity index (χ1v) is 49.5. The summed E-state index contributed by atoms with van der Waals surface area (Å²) in [5, 5.41) is 10.7. The summed E-state index contributed by atoms with van der Waals surface area (Å²) in [5.74, 6) is -0.587. The summed E-state index contributed by atoms with van der Waals surface area (Å²) in [4.78, 5) is 73.4. The molecule has 0 radical (unpaired) electrons. The molecule has 0 aromatic rings. The molecule has 17 nitrogen and oxygen atoms in total. The Morgan fingerprint density at radius 1 is 0.248 bits per heavy atom. The predicted molar refractivity (Wildman–Crippen MR) is 451 cm³/mol. The quantitative estimate of drug-likeness (QED) is 0.0222. The number of phosphoric acid groups is 2. The second-order valence-corrected chi connectivity index (χ2v) is 36.2. The summed E-state index contributed by atoms with van der Waals surface area (Å²) in [6.45, 7) is 9.67. The monoisotopic (exact) mass is 1590 g/mol. The molecule has 0 aromatic heterocycles. The molecule has 0 spiro atoms. The lowest BCUT2D eigenvalue weighted by Gasteiger charge is -2.21. The maximum atomic E-state index is 13.2. The molecule has 0 heterocycles. The molecule has 19 heteroatoms. The number of esters is 4. The third-order valence-corrected chi connectivity index (χ3v) is 23.1. The van der Waals surface area contributed by atoms with Gasteiger partial charge in [0.1, 0.15) is 19.3 Å². The maximum absolute atomic E-state index is 13.2. The molecule has 0 fully saturated rings. The molecule has 2 unspecified atom stereocenters. The number of hydrogen-bond donors (Lipinski definition) is 3. The summed E-state index contributed by atoms with van der Waals surface area (Å²) in [5.41, 5.74) is 0. The highest BCUT2D eigenvalue weighted by atomic mass is 31.2. The lowest BCUT2D eigenvalue weighted by atomic mass is 10.0. The molecule has 0 saturated carbocycles. The SMILES string of the molecule is CCCCCCCCCCCCCCCCCCCCCCCC(=O)OC[C@H](COP(=O)(O)OC[C@@H](O)COP(=O)(O)OC[C@@H](COC(=O)CCCCCCCCCCC(C)C)OC(=O)CCCCCCCCCCCCCCCC(C)C)OC(=O)CCCCCCCCCCCCCCCCCCCCCCC. The van der Waals surface area contributed by atoms with E-state index in [9.17, 15) is 43.2 Å². The average molecular weight is 1590 g/mol. The first-order valence-electron chi connectivity index (χ1n) is 46.5. The van der Waals surface area contributed by atoms with E-state index in [1.54, 1.807) is 0 Å². The van der Waals surface area contributed by atoms with Gasteiger partial charge >= 0.3 is 39.5 Å². The van der Waals surface area contributed by atoms with Crippen molar-refractivity contribution in [1.29, 1.82) is 0 Å². The Balaban J connectivity index is 5.23. The van der Waals surface area contributed by atoms with Gasteiger partial charge in [0.2, 0.25) is 0 Å². The van der Waals surface area contributed by atoms with Crippen molar-refractivity contribution in [1.82, 2.24) is 0 Å². The Hall–Kier alpha value is -1.94. The minimum absolute atomic E-state index is 0.107. The van der Waals surface area contributed by atoms with Gasteiger partial charge in [0.05, 0.1) is 26.4 Å². The van der Waals surface area contributed by atoms with Gasteiger partial charge in [-0.1, -0.05) is 433 Å². The van der Waals surface area contributed by atoms with Crippen LogP contribution < -0.4 is 0 Å². The molecule has 0 aromatic carbocycles. The zero-order valence-corrected chi connectivity index (χ0v) is 73.7. The lowest BCUT2D eigenvalue weighted by molar-refractivity contribution is -0.161. The van der Waals surface area contributed by atoms with Gasteiger partial charge in [-0.15, -0.1) is 0 Å². The Morgan fingerprint density at radius 2 is 0.422 bits per heavy atom. The minimum Gasteiger partial charge on any atom is -0.462 e. The third kappa shape index (κ3) is 83.8. The molecule has 3 N–H and O–H groups in total. The first-order chi connectivity index (χ1) is 52.9. The van der Waals surface area contributed by atoms with Gasteiger partial charge in [0.25, 0.3) is 0 Å². The lowest BCUT2D eigenvalue weighted by Crippen LogP contribution is -2.30. The number of carbonyl (C=O) groups excluding carboxylic acids is 4. The maximum Gasteiger partial charge on any atom is 0.472 e. The number of hydrogen-bond acceptors (Lipinski definition) is 15. The van der Waals surface area contributed by atoms with Crippen LogP contribution in [0.5, 0.6) is 0 Å². The summed E-state index contributed by atoms with van der Waals surface area (Å²) in [6.07, 6.45) is 75.2. The molecule has 0 aliphatic heterocycles. The molecule has 0 bridgehead atoms. The topological polar surface area (TPSA) is 237 Å². The first kappa shape index (κ1) is 107. The molecule has 0 aliphatic rings. The molecule has 109 heavy (non-hydrogen) atoms. The van der Waals surface area contributed by atoms with E-state index < -0.39 is 97.5 Å². The summed E-state index contributed by atoms with van der Waals surface area (Å²) in [7, 11) is -9.93. The van der Waals surface area contributed by atoms with Crippen LogP contribution >= 0.6 is 15.6 Å². The van der Waals surface area contributed by atoms with Crippen LogP contribution in [-0.2, 0) is 65.4 Å². The largest absolute Gasteiger partial charge is 0.472 e. The van der Waals surface area contributed by atoms with Crippen molar-refractivity contribution in [3.63, 3.8) is 0 Å². The zero-order chi connectivity index (χ0) is 79.9. The Bertz CT molecular complexity index is 2080. The summed E-state index contributed by atoms with van der Waals surface area (Å²) < 4.78 is 69.0. The van der Waals surface area contributed by atoms with Gasteiger partial charge in [-0.2, -0.15) is 0 Å². The van der Waals surface area contributed by atoms with Crippen LogP contribution in [0.1, 0.15) is 485 Å². The summed E-state index contributed by atoms with van der Waals surface area (Å²) in [6, 6.07) is 0. The molecule has 0 rings (SSSR count). The van der Waals surface area contributed by atoms with E-state index in [4.69, 9.17) is 37.0 Å². The predicted octanol–water partition coefficient (Wildman–Crippen LogP) is 27.8. The molecule has 5 atom stereocenters. The number of unbranched alkanes of at least 4 members (excludes halogenated alkanes) is 59. The molecular weight excluding hydrogens is 1410 g/mol. The third-order valence-electron chi connectivity index (χ3n) is 21.2. The van der Waals surface area contributed by atoms with Gasteiger partial charge in [-0.25, -0.2) is 9.13 Å². The van der Waals surface area contributed by atoms with Crippen LogP contribution in [0.15, 0.2) is 0 Å². The molecule has 648 valence electrons. The van der Waals surface area contributed by atoms with E-state index in [0.717, 1.165) is 102 Å². The molecular formula is C90H176O17P2. The Morgan fingerprint density at radius 3 is 0.624 bits per heavy atom. The number of phosphoric ester groups is 2. The van der Waals surface area contributed by atoms with Gasteiger partial charge in [-0.05, 0) is 37.5 Å². The van der Waals surface area contributed by atoms with E-state index >= 15 is 0 Å². The molecule has 0 saturated heterocycles.